The van der Waals surface area contributed by atoms with Gasteiger partial charge in [0.05, 0.1) is 0 Å². The number of hydrogen-bond donors (Lipinski definition) is 2. The number of benzene rings is 2. The first-order valence-electron chi connectivity index (χ1n) is 10.3. The van der Waals surface area contributed by atoms with E-state index >= 15 is 0 Å². The van der Waals surface area contributed by atoms with Gasteiger partial charge in [-0.05, 0) is 31.9 Å². The summed E-state index contributed by atoms with van der Waals surface area (Å²) in [6.45, 7) is 6.94. The topological polar surface area (TPSA) is 56.8 Å². The number of hydrogen-bond acceptors (Lipinski definition) is 4. The summed E-state index contributed by atoms with van der Waals surface area (Å²) < 4.78 is 0. The van der Waals surface area contributed by atoms with Gasteiger partial charge < -0.3 is 15.2 Å². The summed E-state index contributed by atoms with van der Waals surface area (Å²) >= 11 is 0. The maximum atomic E-state index is 4.81. The number of nitrogens with one attached hydrogen (secondary N) is 2. The van der Waals surface area contributed by atoms with Crippen molar-refractivity contribution < 1.29 is 0 Å². The van der Waals surface area contributed by atoms with Crippen LogP contribution < -0.4 is 10.2 Å². The van der Waals surface area contributed by atoms with E-state index in [9.17, 15) is 0 Å². The molecule has 0 spiro atoms. The Bertz CT molecular complexity index is 1070. The summed E-state index contributed by atoms with van der Waals surface area (Å²) in [5.41, 5.74) is 3.52. The molecule has 5 nitrogen and oxygen atoms in total. The molecular weight excluding hydrogens is 358 g/mol. The molecule has 0 saturated heterocycles. The van der Waals surface area contributed by atoms with Gasteiger partial charge in [0, 0.05) is 48.4 Å². The van der Waals surface area contributed by atoms with Gasteiger partial charge in [-0.15, -0.1) is 0 Å². The third-order valence-electron chi connectivity index (χ3n) is 5.21. The highest BCUT2D eigenvalue weighted by molar-refractivity contribution is 5.83. The summed E-state index contributed by atoms with van der Waals surface area (Å²) in [4.78, 5) is 15.2. The SMILES string of the molecule is CCN(CC)c1cc(NCCc2c[nH]c3ccccc23)nc(-c2ccccc2)n1. The highest BCUT2D eigenvalue weighted by atomic mass is 15.2. The molecule has 4 rings (SSSR count). The standard InChI is InChI=1S/C24H27N5/c1-3-29(4-2)23-16-22(27-24(28-23)18-10-6-5-7-11-18)25-15-14-19-17-26-21-13-9-8-12-20(19)21/h5-13,16-17,26H,3-4,14-15H2,1-2H3,(H,25,27,28). The highest BCUT2D eigenvalue weighted by Crippen LogP contribution is 2.23. The van der Waals surface area contributed by atoms with Crippen LogP contribution in [0.25, 0.3) is 22.3 Å². The second-order valence-electron chi connectivity index (χ2n) is 7.01. The van der Waals surface area contributed by atoms with Crippen molar-refractivity contribution >= 4 is 22.5 Å². The Balaban J connectivity index is 1.56. The number of fused-ring (bicyclic) bond motifs is 1. The van der Waals surface area contributed by atoms with E-state index in [1.165, 1.54) is 16.5 Å². The second kappa shape index (κ2) is 8.78. The Labute approximate surface area is 171 Å². The van der Waals surface area contributed by atoms with Crippen molar-refractivity contribution in [2.45, 2.75) is 20.3 Å². The van der Waals surface area contributed by atoms with Crippen LogP contribution in [0.15, 0.2) is 66.9 Å². The van der Waals surface area contributed by atoms with Crippen molar-refractivity contribution in [1.29, 1.82) is 0 Å². The van der Waals surface area contributed by atoms with Gasteiger partial charge in [0.15, 0.2) is 5.82 Å². The van der Waals surface area contributed by atoms with Crippen molar-refractivity contribution in [1.82, 2.24) is 15.0 Å². The summed E-state index contributed by atoms with van der Waals surface area (Å²) in [7, 11) is 0. The number of para-hydroxylation sites is 1. The maximum Gasteiger partial charge on any atom is 0.163 e. The quantitative estimate of drug-likeness (QED) is 0.442. The van der Waals surface area contributed by atoms with Crippen molar-refractivity contribution in [2.75, 3.05) is 29.9 Å². The summed E-state index contributed by atoms with van der Waals surface area (Å²) in [5.74, 6) is 2.57. The first kappa shape index (κ1) is 19.0. The van der Waals surface area contributed by atoms with Crippen LogP contribution in [0.5, 0.6) is 0 Å². The molecule has 5 heteroatoms. The average Bonchev–Trinajstić information content (AvgIpc) is 3.18. The number of nitrogens with zero attached hydrogens (tertiary/aromatic N) is 3. The lowest BCUT2D eigenvalue weighted by Gasteiger charge is -2.21. The van der Waals surface area contributed by atoms with Crippen LogP contribution in [0.2, 0.25) is 0 Å². The molecule has 2 aromatic heterocycles. The number of aromatic nitrogens is 3. The second-order valence-corrected chi connectivity index (χ2v) is 7.01. The Hall–Kier alpha value is -3.34. The molecule has 4 aromatic rings. The fourth-order valence-electron chi connectivity index (χ4n) is 3.61. The summed E-state index contributed by atoms with van der Waals surface area (Å²) in [5, 5.41) is 4.79. The molecule has 2 N–H and O–H groups in total. The van der Waals surface area contributed by atoms with Crippen molar-refractivity contribution in [3.63, 3.8) is 0 Å². The molecule has 0 bridgehead atoms. The van der Waals surface area contributed by atoms with Crippen molar-refractivity contribution in [3.05, 3.63) is 72.4 Å². The third-order valence-corrected chi connectivity index (χ3v) is 5.21. The van der Waals surface area contributed by atoms with E-state index in [1.54, 1.807) is 0 Å². The van der Waals surface area contributed by atoms with Gasteiger partial charge in [-0.2, -0.15) is 0 Å². The monoisotopic (exact) mass is 385 g/mol. The molecule has 29 heavy (non-hydrogen) atoms. The molecule has 0 aliphatic rings. The van der Waals surface area contributed by atoms with Crippen LogP contribution >= 0.6 is 0 Å². The molecule has 2 heterocycles. The van der Waals surface area contributed by atoms with E-state index in [0.29, 0.717) is 0 Å². The molecule has 148 valence electrons. The Morgan fingerprint density at radius 1 is 0.931 bits per heavy atom. The molecule has 0 saturated carbocycles. The molecule has 0 aliphatic heterocycles. The van der Waals surface area contributed by atoms with Gasteiger partial charge in [0.25, 0.3) is 0 Å². The van der Waals surface area contributed by atoms with Gasteiger partial charge in [0.2, 0.25) is 0 Å². The van der Waals surface area contributed by atoms with Crippen LogP contribution in [0.3, 0.4) is 0 Å². The zero-order valence-corrected chi connectivity index (χ0v) is 17.0. The van der Waals surface area contributed by atoms with Crippen LogP contribution in [0.1, 0.15) is 19.4 Å². The van der Waals surface area contributed by atoms with E-state index < -0.39 is 0 Å². The zero-order chi connectivity index (χ0) is 20.1. The third kappa shape index (κ3) is 4.24. The lowest BCUT2D eigenvalue weighted by atomic mass is 10.1. The molecule has 0 aliphatic carbocycles. The lowest BCUT2D eigenvalue weighted by molar-refractivity contribution is 0.842. The largest absolute Gasteiger partial charge is 0.370 e. The Morgan fingerprint density at radius 3 is 2.48 bits per heavy atom. The number of aromatic amines is 1. The molecule has 2 aromatic carbocycles. The van der Waals surface area contributed by atoms with Gasteiger partial charge >= 0.3 is 0 Å². The lowest BCUT2D eigenvalue weighted by Crippen LogP contribution is -2.23. The average molecular weight is 386 g/mol. The fraction of sp³-hybridized carbons (Fsp3) is 0.250. The van der Waals surface area contributed by atoms with E-state index in [-0.39, 0.29) is 0 Å². The molecule has 0 radical (unpaired) electrons. The smallest absolute Gasteiger partial charge is 0.163 e. The Kier molecular flexibility index (Phi) is 5.75. The fourth-order valence-corrected chi connectivity index (χ4v) is 3.61. The predicted octanol–water partition coefficient (Wildman–Crippen LogP) is 5.13. The van der Waals surface area contributed by atoms with E-state index in [4.69, 9.17) is 9.97 Å². The van der Waals surface area contributed by atoms with Crippen molar-refractivity contribution in [2.24, 2.45) is 0 Å². The van der Waals surface area contributed by atoms with Crippen LogP contribution in [0, 0.1) is 0 Å². The highest BCUT2D eigenvalue weighted by Gasteiger charge is 2.11. The minimum Gasteiger partial charge on any atom is -0.370 e. The van der Waals surface area contributed by atoms with Crippen LogP contribution in [0.4, 0.5) is 11.6 Å². The Morgan fingerprint density at radius 2 is 1.69 bits per heavy atom. The van der Waals surface area contributed by atoms with Gasteiger partial charge in [-0.3, -0.25) is 0 Å². The molecule has 0 atom stereocenters. The molecule has 0 fully saturated rings. The molecule has 0 unspecified atom stereocenters. The van der Waals surface area contributed by atoms with E-state index in [1.807, 2.05) is 18.2 Å². The number of anilines is 2. The molecular formula is C24H27N5. The van der Waals surface area contributed by atoms with Gasteiger partial charge in [-0.1, -0.05) is 48.5 Å². The maximum absolute atomic E-state index is 4.81. The van der Waals surface area contributed by atoms with Crippen LogP contribution in [-0.2, 0) is 6.42 Å². The first-order valence-corrected chi connectivity index (χ1v) is 10.3. The van der Waals surface area contributed by atoms with E-state index in [2.05, 4.69) is 77.7 Å². The van der Waals surface area contributed by atoms with Gasteiger partial charge in [-0.25, -0.2) is 9.97 Å². The van der Waals surface area contributed by atoms with Crippen LogP contribution in [-0.4, -0.2) is 34.6 Å². The summed E-state index contributed by atoms with van der Waals surface area (Å²) in [6, 6.07) is 20.6. The zero-order valence-electron chi connectivity index (χ0n) is 17.0. The molecule has 0 amide bonds. The number of rotatable bonds is 8. The van der Waals surface area contributed by atoms with E-state index in [0.717, 1.165) is 49.1 Å². The summed E-state index contributed by atoms with van der Waals surface area (Å²) in [6.07, 6.45) is 3.03. The number of H-pyrrole nitrogens is 1. The minimum absolute atomic E-state index is 0.754. The van der Waals surface area contributed by atoms with Crippen molar-refractivity contribution in [3.8, 4) is 11.4 Å². The first-order chi connectivity index (χ1) is 14.3. The predicted molar refractivity (Wildman–Crippen MR) is 122 cm³/mol. The van der Waals surface area contributed by atoms with Gasteiger partial charge in [0.1, 0.15) is 11.6 Å². The minimum atomic E-state index is 0.754. The normalized spacial score (nSPS) is 11.0.